The minimum atomic E-state index is -0.0454. The van der Waals surface area contributed by atoms with E-state index in [1.165, 1.54) is 167 Å². The quantitative estimate of drug-likeness (QED) is 0.0356. The highest BCUT2D eigenvalue weighted by Crippen LogP contribution is 2.24. The number of nitrogens with zero attached hydrogens (tertiary/aromatic N) is 1. The highest BCUT2D eigenvalue weighted by molar-refractivity contribution is 5.69. The molecule has 0 spiro atoms. The number of likely N-dealkylation sites (tertiary alicyclic amines) is 1. The molecule has 0 saturated carbocycles. The van der Waals surface area contributed by atoms with Crippen LogP contribution >= 0.6 is 0 Å². The number of carbonyl (C=O) groups is 2. The van der Waals surface area contributed by atoms with Crippen LogP contribution in [-0.2, 0) is 19.1 Å². The summed E-state index contributed by atoms with van der Waals surface area (Å²) < 4.78 is 11.1. The Bertz CT molecular complexity index is 1010. The van der Waals surface area contributed by atoms with Gasteiger partial charge in [0.1, 0.15) is 0 Å². The van der Waals surface area contributed by atoms with E-state index >= 15 is 0 Å². The van der Waals surface area contributed by atoms with Gasteiger partial charge in [-0.25, -0.2) is 0 Å². The third kappa shape index (κ3) is 33.8. The van der Waals surface area contributed by atoms with Crippen molar-refractivity contribution in [2.24, 2.45) is 17.8 Å². The molecule has 0 bridgehead atoms. The second-order valence-corrected chi connectivity index (χ2v) is 17.1. The SMILES string of the molecule is C=C=C=C=CC(CCCCC)CCOC(=O)CCCCCCCCCC(CCCCCCCCCC(=O)OCCC(C)CCCCC)CCN1CCCCC1. The van der Waals surface area contributed by atoms with Crippen LogP contribution in [0.3, 0.4) is 0 Å². The van der Waals surface area contributed by atoms with Crippen LogP contribution in [0.4, 0.5) is 0 Å². The zero-order valence-electron chi connectivity index (χ0n) is 36.8. The van der Waals surface area contributed by atoms with E-state index in [0.29, 0.717) is 37.9 Å². The van der Waals surface area contributed by atoms with Crippen LogP contribution in [0.2, 0.25) is 0 Å². The molecular formula is C50H89NO4. The molecule has 5 heteroatoms. The Labute approximate surface area is 341 Å². The van der Waals surface area contributed by atoms with Crippen LogP contribution in [0.15, 0.2) is 29.8 Å². The lowest BCUT2D eigenvalue weighted by molar-refractivity contribution is -0.145. The first-order valence-electron chi connectivity index (χ1n) is 23.9. The summed E-state index contributed by atoms with van der Waals surface area (Å²) in [5, 5.41) is 0. The summed E-state index contributed by atoms with van der Waals surface area (Å²) >= 11 is 0. The zero-order chi connectivity index (χ0) is 39.9. The van der Waals surface area contributed by atoms with Crippen molar-refractivity contribution >= 4 is 11.9 Å². The Morgan fingerprint density at radius 1 is 0.600 bits per heavy atom. The van der Waals surface area contributed by atoms with Gasteiger partial charge < -0.3 is 14.4 Å². The number of ether oxygens (including phenoxy) is 2. The van der Waals surface area contributed by atoms with E-state index in [9.17, 15) is 9.59 Å². The molecule has 318 valence electrons. The van der Waals surface area contributed by atoms with Crippen molar-refractivity contribution in [1.82, 2.24) is 4.90 Å². The molecule has 55 heavy (non-hydrogen) atoms. The lowest BCUT2D eigenvalue weighted by atomic mass is 9.91. The van der Waals surface area contributed by atoms with Gasteiger partial charge in [-0.3, -0.25) is 9.59 Å². The zero-order valence-corrected chi connectivity index (χ0v) is 36.8. The van der Waals surface area contributed by atoms with E-state index < -0.39 is 0 Å². The third-order valence-electron chi connectivity index (χ3n) is 11.9. The number of esters is 2. The molecule has 0 N–H and O–H groups in total. The second kappa shape index (κ2) is 38.8. The molecule has 3 atom stereocenters. The Morgan fingerprint density at radius 3 is 1.64 bits per heavy atom. The van der Waals surface area contributed by atoms with Crippen LogP contribution in [0.5, 0.6) is 0 Å². The summed E-state index contributed by atoms with van der Waals surface area (Å²) in [5.74, 6) is 1.86. The van der Waals surface area contributed by atoms with Crippen LogP contribution in [0.25, 0.3) is 0 Å². The van der Waals surface area contributed by atoms with Gasteiger partial charge in [0.15, 0.2) is 0 Å². The van der Waals surface area contributed by atoms with E-state index in [0.717, 1.165) is 50.9 Å². The van der Waals surface area contributed by atoms with Gasteiger partial charge in [-0.1, -0.05) is 173 Å². The lowest BCUT2D eigenvalue weighted by Crippen LogP contribution is -2.31. The molecule has 1 aliphatic rings. The highest BCUT2D eigenvalue weighted by Gasteiger charge is 2.15. The fourth-order valence-corrected chi connectivity index (χ4v) is 8.06. The molecule has 0 aromatic carbocycles. The molecule has 0 aliphatic carbocycles. The van der Waals surface area contributed by atoms with Crippen molar-refractivity contribution in [3.63, 3.8) is 0 Å². The molecule has 1 heterocycles. The maximum absolute atomic E-state index is 12.3. The number of hydrogen-bond donors (Lipinski definition) is 0. The average molecular weight is 768 g/mol. The van der Waals surface area contributed by atoms with E-state index in [-0.39, 0.29) is 11.9 Å². The first-order chi connectivity index (χ1) is 27.0. The van der Waals surface area contributed by atoms with Crippen molar-refractivity contribution < 1.29 is 19.1 Å². The van der Waals surface area contributed by atoms with Crippen molar-refractivity contribution in [2.45, 2.75) is 226 Å². The molecule has 0 aromatic heterocycles. The molecule has 1 fully saturated rings. The number of piperidine rings is 1. The maximum atomic E-state index is 12.3. The summed E-state index contributed by atoms with van der Waals surface area (Å²) in [5.41, 5.74) is 8.43. The number of carbonyl (C=O) groups excluding carboxylic acids is 2. The number of hydrogen-bond acceptors (Lipinski definition) is 5. The molecule has 1 saturated heterocycles. The van der Waals surface area contributed by atoms with Crippen molar-refractivity contribution in [2.75, 3.05) is 32.8 Å². The van der Waals surface area contributed by atoms with Gasteiger partial charge in [-0.2, -0.15) is 0 Å². The number of unbranched alkanes of at least 4 members (excludes halogenated alkanes) is 16. The molecule has 3 unspecified atom stereocenters. The molecular weight excluding hydrogens is 679 g/mol. The van der Waals surface area contributed by atoms with Crippen molar-refractivity contribution in [3.05, 3.63) is 29.8 Å². The van der Waals surface area contributed by atoms with Gasteiger partial charge in [-0.05, 0) is 107 Å². The van der Waals surface area contributed by atoms with Crippen molar-refractivity contribution in [1.29, 1.82) is 0 Å². The van der Waals surface area contributed by atoms with Gasteiger partial charge in [-0.15, -0.1) is 0 Å². The van der Waals surface area contributed by atoms with E-state index in [2.05, 4.69) is 49.4 Å². The summed E-state index contributed by atoms with van der Waals surface area (Å²) in [6, 6.07) is 0. The van der Waals surface area contributed by atoms with Crippen molar-refractivity contribution in [3.8, 4) is 0 Å². The maximum Gasteiger partial charge on any atom is 0.305 e. The van der Waals surface area contributed by atoms with E-state index in [1.54, 1.807) is 0 Å². The lowest BCUT2D eigenvalue weighted by Gasteiger charge is -2.28. The summed E-state index contributed by atoms with van der Waals surface area (Å²) in [6.07, 6.45) is 40.6. The molecule has 0 amide bonds. The van der Waals surface area contributed by atoms with E-state index in [4.69, 9.17) is 9.47 Å². The highest BCUT2D eigenvalue weighted by atomic mass is 16.5. The number of rotatable bonds is 38. The Hall–Kier alpha value is -2.02. The van der Waals surface area contributed by atoms with Gasteiger partial charge in [0.05, 0.1) is 13.2 Å². The summed E-state index contributed by atoms with van der Waals surface area (Å²) in [6.45, 7) is 15.3. The van der Waals surface area contributed by atoms with Crippen LogP contribution in [-0.4, -0.2) is 49.7 Å². The monoisotopic (exact) mass is 768 g/mol. The predicted molar refractivity (Wildman–Crippen MR) is 234 cm³/mol. The van der Waals surface area contributed by atoms with E-state index in [1.807, 2.05) is 6.08 Å². The largest absolute Gasteiger partial charge is 0.466 e. The van der Waals surface area contributed by atoms with Gasteiger partial charge in [0, 0.05) is 12.8 Å². The molecule has 1 aliphatic heterocycles. The van der Waals surface area contributed by atoms with Crippen LogP contribution in [0, 0.1) is 17.8 Å². The van der Waals surface area contributed by atoms with Crippen LogP contribution in [0.1, 0.15) is 226 Å². The molecule has 0 aromatic rings. The van der Waals surface area contributed by atoms with Crippen LogP contribution < -0.4 is 0 Å². The second-order valence-electron chi connectivity index (χ2n) is 17.1. The normalized spacial score (nSPS) is 14.7. The fraction of sp³-hybridized carbons (Fsp3) is 0.860. The van der Waals surface area contributed by atoms with Gasteiger partial charge in [0.2, 0.25) is 0 Å². The number of allylic oxidation sites excluding steroid dienone is 1. The Kier molecular flexibility index (Phi) is 36.0. The molecule has 5 nitrogen and oxygen atoms in total. The predicted octanol–water partition coefficient (Wildman–Crippen LogP) is 14.4. The first-order valence-corrected chi connectivity index (χ1v) is 23.9. The summed E-state index contributed by atoms with van der Waals surface area (Å²) in [7, 11) is 0. The van der Waals surface area contributed by atoms with Gasteiger partial charge in [0.25, 0.3) is 0 Å². The minimum Gasteiger partial charge on any atom is -0.466 e. The fourth-order valence-electron chi connectivity index (χ4n) is 8.06. The topological polar surface area (TPSA) is 55.8 Å². The smallest absolute Gasteiger partial charge is 0.305 e. The Balaban J connectivity index is 2.14. The minimum absolute atomic E-state index is 0.00358. The standard InChI is InChI=1S/C50H89NO4/c1-5-8-22-31-46(4)39-44-54-49(52)36-27-19-15-11-13-17-25-34-47(38-43-51-41-29-21-30-42-51)35-26-18-14-12-16-20-28-37-50(53)55-45-40-48(32-23-9-6-2)33-24-10-7-3/h32,46-48H,2,5,7-8,10-22,24-31,33-45H2,1,3-4H3. The molecule has 1 rings (SSSR count). The summed E-state index contributed by atoms with van der Waals surface area (Å²) in [4.78, 5) is 27.1. The molecule has 0 radical (unpaired) electrons. The average Bonchev–Trinajstić information content (AvgIpc) is 3.18. The third-order valence-corrected chi connectivity index (χ3v) is 11.9. The van der Waals surface area contributed by atoms with Gasteiger partial charge >= 0.3 is 11.9 Å². The first kappa shape index (κ1) is 51.0. The Morgan fingerprint density at radius 2 is 1.09 bits per heavy atom.